The van der Waals surface area contributed by atoms with Crippen molar-refractivity contribution in [2.75, 3.05) is 5.75 Å². The fourth-order valence-corrected chi connectivity index (χ4v) is 2.04. The van der Waals surface area contributed by atoms with Gasteiger partial charge in [0.25, 0.3) is 0 Å². The van der Waals surface area contributed by atoms with Crippen molar-refractivity contribution in [2.45, 2.75) is 11.8 Å². The Morgan fingerprint density at radius 1 is 1.54 bits per heavy atom. The molecule has 1 rings (SSSR count). The molecule has 0 saturated carbocycles. The second-order valence-corrected chi connectivity index (χ2v) is 4.35. The Labute approximate surface area is 91.4 Å². The van der Waals surface area contributed by atoms with Crippen molar-refractivity contribution in [1.82, 2.24) is 0 Å². The van der Waals surface area contributed by atoms with Crippen LogP contribution < -0.4 is 0 Å². The van der Waals surface area contributed by atoms with Gasteiger partial charge in [0.1, 0.15) is 0 Å². The predicted octanol–water partition coefficient (Wildman–Crippen LogP) is 3.51. The van der Waals surface area contributed by atoms with E-state index in [1.54, 1.807) is 0 Å². The van der Waals surface area contributed by atoms with Gasteiger partial charge in [0.2, 0.25) is 5.24 Å². The molecule has 0 aliphatic rings. The van der Waals surface area contributed by atoms with Gasteiger partial charge in [-0.1, -0.05) is 17.7 Å². The Bertz CT molecular complexity index is 325. The lowest BCUT2D eigenvalue weighted by Crippen LogP contribution is -1.90. The Morgan fingerprint density at radius 2 is 2.23 bits per heavy atom. The molecule has 0 aliphatic heterocycles. The fourth-order valence-electron chi connectivity index (χ4n) is 0.879. The zero-order valence-corrected chi connectivity index (χ0v) is 9.34. The maximum atomic E-state index is 10.5. The molecule has 13 heavy (non-hydrogen) atoms. The lowest BCUT2D eigenvalue weighted by atomic mass is 10.2. The Balaban J connectivity index is 2.77. The predicted molar refractivity (Wildman–Crippen MR) is 57.8 cm³/mol. The molecule has 0 bridgehead atoms. The van der Waals surface area contributed by atoms with Crippen LogP contribution in [0.25, 0.3) is 0 Å². The molecular weight excluding hydrogens is 227 g/mol. The highest BCUT2D eigenvalue weighted by Gasteiger charge is 2.04. The number of rotatable bonds is 3. The summed E-state index contributed by atoms with van der Waals surface area (Å²) in [6, 6.07) is 5.60. The van der Waals surface area contributed by atoms with Crippen molar-refractivity contribution in [2.24, 2.45) is 0 Å². The summed E-state index contributed by atoms with van der Waals surface area (Å²) in [6.45, 7) is 1.92. The van der Waals surface area contributed by atoms with E-state index in [-0.39, 0.29) is 11.0 Å². The van der Waals surface area contributed by atoms with Crippen LogP contribution in [0.15, 0.2) is 23.1 Å². The zero-order chi connectivity index (χ0) is 9.84. The molecule has 0 N–H and O–H groups in total. The van der Waals surface area contributed by atoms with Crippen LogP contribution in [-0.2, 0) is 4.79 Å². The molecule has 1 aromatic carbocycles. The van der Waals surface area contributed by atoms with Crippen molar-refractivity contribution >= 4 is 40.2 Å². The molecule has 0 aromatic heterocycles. The summed E-state index contributed by atoms with van der Waals surface area (Å²) in [6.07, 6.45) is 0. The first-order valence-corrected chi connectivity index (χ1v) is 5.41. The van der Waals surface area contributed by atoms with E-state index < -0.39 is 0 Å². The van der Waals surface area contributed by atoms with Crippen LogP contribution in [0.1, 0.15) is 5.56 Å². The Hall–Kier alpha value is -0.180. The van der Waals surface area contributed by atoms with Crippen LogP contribution in [0, 0.1) is 6.92 Å². The second-order valence-electron chi connectivity index (χ2n) is 2.51. The number of carbonyl (C=O) groups is 1. The van der Waals surface area contributed by atoms with Crippen LogP contribution in [-0.4, -0.2) is 11.0 Å². The van der Waals surface area contributed by atoms with E-state index in [0.29, 0.717) is 5.02 Å². The van der Waals surface area contributed by atoms with Gasteiger partial charge in [-0.05, 0) is 36.2 Å². The molecule has 1 nitrogen and oxygen atoms in total. The minimum absolute atomic E-state index is 0.280. The van der Waals surface area contributed by atoms with E-state index in [4.69, 9.17) is 23.2 Å². The van der Waals surface area contributed by atoms with E-state index in [1.807, 2.05) is 25.1 Å². The molecule has 1 aromatic rings. The van der Waals surface area contributed by atoms with Crippen LogP contribution >= 0.6 is 35.0 Å². The summed E-state index contributed by atoms with van der Waals surface area (Å²) < 4.78 is 0. The van der Waals surface area contributed by atoms with Crippen LogP contribution in [0.5, 0.6) is 0 Å². The molecule has 0 heterocycles. The SMILES string of the molecule is Cc1c(Cl)cccc1SCC(=O)Cl. The van der Waals surface area contributed by atoms with Gasteiger partial charge in [-0.25, -0.2) is 0 Å². The van der Waals surface area contributed by atoms with Crippen molar-refractivity contribution < 1.29 is 4.79 Å². The van der Waals surface area contributed by atoms with Crippen molar-refractivity contribution in [3.8, 4) is 0 Å². The molecule has 70 valence electrons. The zero-order valence-electron chi connectivity index (χ0n) is 7.01. The average molecular weight is 235 g/mol. The number of halogens is 2. The highest BCUT2D eigenvalue weighted by atomic mass is 35.5. The van der Waals surface area contributed by atoms with Gasteiger partial charge in [0.05, 0.1) is 5.75 Å². The van der Waals surface area contributed by atoms with Gasteiger partial charge >= 0.3 is 0 Å². The summed E-state index contributed by atoms with van der Waals surface area (Å²) in [4.78, 5) is 11.5. The number of thioether (sulfide) groups is 1. The second kappa shape index (κ2) is 4.89. The first kappa shape index (κ1) is 10.9. The van der Waals surface area contributed by atoms with Gasteiger partial charge in [-0.2, -0.15) is 0 Å². The first-order valence-electron chi connectivity index (χ1n) is 3.67. The third-order valence-electron chi connectivity index (χ3n) is 1.56. The molecule has 0 aliphatic carbocycles. The molecular formula is C9H8Cl2OS. The summed E-state index contributed by atoms with van der Waals surface area (Å²) >= 11 is 12.5. The van der Waals surface area contributed by atoms with Gasteiger partial charge in [0, 0.05) is 9.92 Å². The monoisotopic (exact) mass is 234 g/mol. The average Bonchev–Trinajstić information content (AvgIpc) is 2.07. The standard InChI is InChI=1S/C9H8Cl2OS/c1-6-7(10)3-2-4-8(6)13-5-9(11)12/h2-4H,5H2,1H3. The van der Waals surface area contributed by atoms with Gasteiger partial charge < -0.3 is 0 Å². The number of hydrogen-bond donors (Lipinski definition) is 0. The van der Waals surface area contributed by atoms with Crippen molar-refractivity contribution in [3.63, 3.8) is 0 Å². The fraction of sp³-hybridized carbons (Fsp3) is 0.222. The Morgan fingerprint density at radius 3 is 2.85 bits per heavy atom. The summed E-state index contributed by atoms with van der Waals surface area (Å²) in [5.41, 5.74) is 0.993. The van der Waals surface area contributed by atoms with E-state index in [0.717, 1.165) is 10.5 Å². The number of hydrogen-bond acceptors (Lipinski definition) is 2. The highest BCUT2D eigenvalue weighted by molar-refractivity contribution is 8.00. The molecule has 0 spiro atoms. The van der Waals surface area contributed by atoms with Gasteiger partial charge in [0.15, 0.2) is 0 Å². The molecule has 0 fully saturated rings. The third kappa shape index (κ3) is 3.22. The quantitative estimate of drug-likeness (QED) is 0.589. The first-order chi connectivity index (χ1) is 6.11. The smallest absolute Gasteiger partial charge is 0.231 e. The van der Waals surface area contributed by atoms with E-state index in [1.165, 1.54) is 11.8 Å². The van der Waals surface area contributed by atoms with E-state index in [9.17, 15) is 4.79 Å². The lowest BCUT2D eigenvalue weighted by Gasteiger charge is -2.04. The maximum absolute atomic E-state index is 10.5. The minimum Gasteiger partial charge on any atom is -0.280 e. The molecule has 0 saturated heterocycles. The summed E-state index contributed by atoms with van der Waals surface area (Å²) in [7, 11) is 0. The number of carbonyl (C=O) groups excluding carboxylic acids is 1. The largest absolute Gasteiger partial charge is 0.280 e. The Kier molecular flexibility index (Phi) is 4.10. The summed E-state index contributed by atoms with van der Waals surface area (Å²) in [5.74, 6) is 0.280. The topological polar surface area (TPSA) is 17.1 Å². The lowest BCUT2D eigenvalue weighted by molar-refractivity contribution is -0.109. The van der Waals surface area contributed by atoms with Crippen molar-refractivity contribution in [1.29, 1.82) is 0 Å². The summed E-state index contributed by atoms with van der Waals surface area (Å²) in [5, 5.41) is 0.372. The van der Waals surface area contributed by atoms with E-state index in [2.05, 4.69) is 0 Å². The normalized spacial score (nSPS) is 10.1. The minimum atomic E-state index is -0.343. The van der Waals surface area contributed by atoms with Gasteiger partial charge in [-0.3, -0.25) is 4.79 Å². The van der Waals surface area contributed by atoms with Crippen LogP contribution in [0.4, 0.5) is 0 Å². The van der Waals surface area contributed by atoms with E-state index >= 15 is 0 Å². The molecule has 0 radical (unpaired) electrons. The van der Waals surface area contributed by atoms with Crippen LogP contribution in [0.2, 0.25) is 5.02 Å². The molecule has 0 amide bonds. The van der Waals surface area contributed by atoms with Gasteiger partial charge in [-0.15, -0.1) is 11.8 Å². The van der Waals surface area contributed by atoms with Crippen LogP contribution in [0.3, 0.4) is 0 Å². The highest BCUT2D eigenvalue weighted by Crippen LogP contribution is 2.27. The van der Waals surface area contributed by atoms with Crippen molar-refractivity contribution in [3.05, 3.63) is 28.8 Å². The molecule has 0 unspecified atom stereocenters. The maximum Gasteiger partial charge on any atom is 0.231 e. The molecule has 4 heteroatoms. The molecule has 0 atom stereocenters. The third-order valence-corrected chi connectivity index (χ3v) is 3.42. The number of benzene rings is 1.